The Kier molecular flexibility index (Phi) is 9.32. The van der Waals surface area contributed by atoms with Gasteiger partial charge in [0.1, 0.15) is 12.1 Å². The van der Waals surface area contributed by atoms with Gasteiger partial charge in [0.25, 0.3) is 0 Å². The predicted molar refractivity (Wildman–Crippen MR) is 158 cm³/mol. The van der Waals surface area contributed by atoms with Gasteiger partial charge in [-0.2, -0.15) is 0 Å². The Morgan fingerprint density at radius 1 is 1.07 bits per heavy atom. The van der Waals surface area contributed by atoms with Crippen molar-refractivity contribution in [2.45, 2.75) is 118 Å². The molecule has 4 fully saturated rings. The molecule has 6 nitrogen and oxygen atoms in total. The molecule has 1 aliphatic heterocycles. The average Bonchev–Trinajstić information content (AvgIpc) is 3.26. The highest BCUT2D eigenvalue weighted by molar-refractivity contribution is 5.95. The zero-order valence-corrected chi connectivity index (χ0v) is 26.0. The predicted octanol–water partition coefficient (Wildman–Crippen LogP) is 5.98. The van der Waals surface area contributed by atoms with Crippen LogP contribution in [0.1, 0.15) is 112 Å². The first-order valence-electron chi connectivity index (χ1n) is 16.1. The molecule has 8 atom stereocenters. The zero-order chi connectivity index (χ0) is 29.3. The first-order valence-corrected chi connectivity index (χ1v) is 16.1. The smallest absolute Gasteiger partial charge is 0.325 e. The summed E-state index contributed by atoms with van der Waals surface area (Å²) in [5.41, 5.74) is -1.07. The van der Waals surface area contributed by atoms with Crippen LogP contribution < -0.4 is 5.32 Å². The van der Waals surface area contributed by atoms with Gasteiger partial charge in [-0.05, 0) is 92.8 Å². The highest BCUT2D eigenvalue weighted by atomic mass is 16.5. The van der Waals surface area contributed by atoms with E-state index in [0.717, 1.165) is 30.6 Å². The van der Waals surface area contributed by atoms with Gasteiger partial charge in [0.05, 0.1) is 13.2 Å². The molecule has 6 heteroatoms. The summed E-state index contributed by atoms with van der Waals surface area (Å²) >= 11 is 0. The number of amides is 2. The summed E-state index contributed by atoms with van der Waals surface area (Å²) < 4.78 is 5.08. The second-order valence-corrected chi connectivity index (χ2v) is 14.4. The topological polar surface area (TPSA) is 75.7 Å². The van der Waals surface area contributed by atoms with Gasteiger partial charge in [-0.1, -0.05) is 59.8 Å². The van der Waals surface area contributed by atoms with Gasteiger partial charge in [-0.3, -0.25) is 14.4 Å². The second kappa shape index (κ2) is 12.1. The van der Waals surface area contributed by atoms with Crippen molar-refractivity contribution >= 4 is 17.8 Å². The fraction of sp³-hybridized carbons (Fsp3) is 0.853. The number of terminal acetylenes is 1. The van der Waals surface area contributed by atoms with Gasteiger partial charge in [-0.25, -0.2) is 0 Å². The number of piperidine rings is 1. The first kappa shape index (κ1) is 30.9. The van der Waals surface area contributed by atoms with Crippen LogP contribution in [-0.4, -0.2) is 47.9 Å². The van der Waals surface area contributed by atoms with Crippen molar-refractivity contribution in [3.8, 4) is 12.3 Å². The third kappa shape index (κ3) is 5.09. The quantitative estimate of drug-likeness (QED) is 0.266. The van der Waals surface area contributed by atoms with Crippen molar-refractivity contribution in [3.05, 3.63) is 0 Å². The van der Waals surface area contributed by atoms with Gasteiger partial charge < -0.3 is 15.0 Å². The Balaban J connectivity index is 1.61. The molecule has 3 saturated carbocycles. The number of rotatable bonds is 10. The van der Waals surface area contributed by atoms with Crippen LogP contribution in [0.4, 0.5) is 0 Å². The van der Waals surface area contributed by atoms with Gasteiger partial charge in [-0.15, -0.1) is 6.42 Å². The number of fused-ring (bicyclic) bond motifs is 5. The number of hydrogen-bond donors (Lipinski definition) is 1. The molecule has 0 aromatic heterocycles. The van der Waals surface area contributed by atoms with Gasteiger partial charge in [0.15, 0.2) is 0 Å². The van der Waals surface area contributed by atoms with Crippen molar-refractivity contribution in [3.63, 3.8) is 0 Å². The van der Waals surface area contributed by atoms with E-state index in [1.165, 1.54) is 38.5 Å². The maximum absolute atomic E-state index is 14.2. The number of nitrogens with zero attached hydrogens (tertiary/aromatic N) is 1. The Morgan fingerprint density at radius 2 is 1.82 bits per heavy atom. The summed E-state index contributed by atoms with van der Waals surface area (Å²) in [4.78, 5) is 41.4. The molecular weight excluding hydrogens is 500 g/mol. The van der Waals surface area contributed by atoms with E-state index in [0.29, 0.717) is 42.4 Å². The number of hydrogen-bond acceptors (Lipinski definition) is 4. The maximum atomic E-state index is 14.2. The lowest BCUT2D eigenvalue weighted by Crippen LogP contribution is -2.75. The van der Waals surface area contributed by atoms with E-state index < -0.39 is 11.5 Å². The molecule has 2 amide bonds. The Labute approximate surface area is 243 Å². The summed E-state index contributed by atoms with van der Waals surface area (Å²) in [6.07, 6.45) is 17.3. The Morgan fingerprint density at radius 3 is 2.50 bits per heavy atom. The number of ether oxygens (including phenoxy) is 1. The highest BCUT2D eigenvalue weighted by Gasteiger charge is 2.69. The minimum absolute atomic E-state index is 0.0445. The molecule has 1 N–H and O–H groups in total. The monoisotopic (exact) mass is 554 g/mol. The molecule has 1 heterocycles. The van der Waals surface area contributed by atoms with Crippen LogP contribution in [0.2, 0.25) is 0 Å². The summed E-state index contributed by atoms with van der Waals surface area (Å²) in [6, 6.07) is 0. The van der Waals surface area contributed by atoms with E-state index >= 15 is 0 Å². The van der Waals surface area contributed by atoms with Crippen LogP contribution in [0.5, 0.6) is 0 Å². The molecule has 0 bridgehead atoms. The number of nitrogens with one attached hydrogen (secondary N) is 1. The van der Waals surface area contributed by atoms with E-state index in [-0.39, 0.29) is 36.9 Å². The summed E-state index contributed by atoms with van der Waals surface area (Å²) in [6.45, 7) is 13.9. The third-order valence-electron chi connectivity index (χ3n) is 12.2. The van der Waals surface area contributed by atoms with E-state index in [1.807, 2.05) is 0 Å². The lowest BCUT2D eigenvalue weighted by molar-refractivity contribution is -0.194. The first-order chi connectivity index (χ1) is 19.0. The summed E-state index contributed by atoms with van der Waals surface area (Å²) in [5.74, 6) is 5.80. The van der Waals surface area contributed by atoms with Crippen LogP contribution in [0, 0.1) is 58.7 Å². The average molecular weight is 555 g/mol. The van der Waals surface area contributed by atoms with E-state index in [1.54, 1.807) is 11.8 Å². The third-order valence-corrected chi connectivity index (χ3v) is 12.2. The van der Waals surface area contributed by atoms with Crippen molar-refractivity contribution in [2.24, 2.45) is 46.3 Å². The maximum Gasteiger partial charge on any atom is 0.325 e. The van der Waals surface area contributed by atoms with Crippen molar-refractivity contribution in [1.82, 2.24) is 10.2 Å². The molecule has 4 aliphatic rings. The van der Waals surface area contributed by atoms with Crippen LogP contribution in [-0.2, 0) is 19.1 Å². The van der Waals surface area contributed by atoms with Crippen molar-refractivity contribution < 1.29 is 19.1 Å². The molecule has 0 aromatic rings. The number of carbonyl (C=O) groups is 3. The standard InChI is InChI=1S/C34H54N2O4/c1-8-21-36-29(37)17-19-33(7)28-16-18-32(6)26(24(5)12-10-11-23(3)4)13-14-27(32)25(28)15-20-34(33,36)31(39)35-22-30(38)40-9-2/h1,23-28H,9-22H2,2-7H3,(H,35,39)/t24-,25+,26-,27+,28+,32-,33-,34-/m1/s1. The fourth-order valence-electron chi connectivity index (χ4n) is 10.3. The van der Waals surface area contributed by atoms with Crippen LogP contribution >= 0.6 is 0 Å². The molecular formula is C34H54N2O4. The van der Waals surface area contributed by atoms with E-state index in [4.69, 9.17) is 11.2 Å². The highest BCUT2D eigenvalue weighted by Crippen LogP contribution is 2.69. The Hall–Kier alpha value is -2.03. The van der Waals surface area contributed by atoms with Crippen LogP contribution in [0.25, 0.3) is 0 Å². The van der Waals surface area contributed by atoms with E-state index in [9.17, 15) is 14.4 Å². The molecule has 0 aromatic carbocycles. The molecule has 40 heavy (non-hydrogen) atoms. The molecule has 0 spiro atoms. The van der Waals surface area contributed by atoms with Gasteiger partial charge in [0, 0.05) is 11.8 Å². The lowest BCUT2D eigenvalue weighted by atomic mass is 9.42. The summed E-state index contributed by atoms with van der Waals surface area (Å²) in [5, 5.41) is 2.88. The molecule has 0 radical (unpaired) electrons. The fourth-order valence-corrected chi connectivity index (χ4v) is 10.3. The molecule has 4 rings (SSSR count). The minimum atomic E-state index is -1.03. The van der Waals surface area contributed by atoms with E-state index in [2.05, 4.69) is 45.9 Å². The largest absolute Gasteiger partial charge is 0.465 e. The molecule has 224 valence electrons. The minimum Gasteiger partial charge on any atom is -0.465 e. The van der Waals surface area contributed by atoms with Crippen molar-refractivity contribution in [2.75, 3.05) is 19.7 Å². The number of likely N-dealkylation sites (tertiary alicyclic amines) is 1. The van der Waals surface area contributed by atoms with Gasteiger partial charge >= 0.3 is 5.97 Å². The van der Waals surface area contributed by atoms with Crippen molar-refractivity contribution in [1.29, 1.82) is 0 Å². The molecule has 3 aliphatic carbocycles. The lowest BCUT2D eigenvalue weighted by Gasteiger charge is -2.66. The molecule has 1 saturated heterocycles. The SMILES string of the molecule is C#CCN1C(=O)CC[C@]2(C)[C@H]3CC[C@]4(C)[C@@H]([C@H](C)CCCC(C)C)CC[C@H]4[C@@H]3CC[C@]12C(=O)NCC(=O)OCC. The Bertz CT molecular complexity index is 1000. The zero-order valence-electron chi connectivity index (χ0n) is 26.0. The summed E-state index contributed by atoms with van der Waals surface area (Å²) in [7, 11) is 0. The number of carbonyl (C=O) groups excluding carboxylic acids is 3. The molecule has 0 unspecified atom stereocenters. The normalized spacial score (nSPS) is 37.6. The number of esters is 1. The van der Waals surface area contributed by atoms with Crippen LogP contribution in [0.3, 0.4) is 0 Å². The second-order valence-electron chi connectivity index (χ2n) is 14.4. The van der Waals surface area contributed by atoms with Crippen LogP contribution in [0.15, 0.2) is 0 Å². The van der Waals surface area contributed by atoms with Gasteiger partial charge in [0.2, 0.25) is 11.8 Å².